The van der Waals surface area contributed by atoms with Crippen LogP contribution in [-0.2, 0) is 19.1 Å². The highest BCUT2D eigenvalue weighted by Gasteiger charge is 2.77. The number of aliphatic hydroxyl groups is 1. The molecule has 9 atom stereocenters. The van der Waals surface area contributed by atoms with E-state index in [0.29, 0.717) is 6.42 Å². The summed E-state index contributed by atoms with van der Waals surface area (Å²) in [6.45, 7) is 6.62. The largest absolute Gasteiger partial charge is 0.449 e. The maximum absolute atomic E-state index is 17.1. The number of ether oxygens (including phenoxy) is 1. The third-order valence-corrected chi connectivity index (χ3v) is 9.38. The Balaban J connectivity index is 1.87. The number of carbonyl (C=O) groups excluding carboxylic acids is 3. The molecule has 3 fully saturated rings. The maximum Gasteiger partial charge on any atom is 0.306 e. The number of alkyl halides is 2. The third kappa shape index (κ3) is 2.62. The Morgan fingerprint density at radius 2 is 1.94 bits per heavy atom. The van der Waals surface area contributed by atoms with E-state index in [-0.39, 0.29) is 24.8 Å². The van der Waals surface area contributed by atoms with Gasteiger partial charge in [-0.15, -0.1) is 12.6 Å². The predicted molar refractivity (Wildman–Crippen MR) is 116 cm³/mol. The minimum Gasteiger partial charge on any atom is -0.449 e. The lowest BCUT2D eigenvalue weighted by atomic mass is 9.44. The van der Waals surface area contributed by atoms with E-state index >= 15 is 8.78 Å². The lowest BCUT2D eigenvalue weighted by Gasteiger charge is -2.63. The lowest BCUT2D eigenvalue weighted by molar-refractivity contribution is -0.228. The van der Waals surface area contributed by atoms with Crippen LogP contribution in [-0.4, -0.2) is 45.5 Å². The third-order valence-electron chi connectivity index (χ3n) is 9.05. The lowest BCUT2D eigenvalue weighted by Crippen LogP contribution is -2.70. The Bertz CT molecular complexity index is 949. The minimum atomic E-state index is -2.24. The van der Waals surface area contributed by atoms with Crippen LogP contribution in [0.2, 0.25) is 0 Å². The van der Waals surface area contributed by atoms with E-state index in [0.717, 1.165) is 6.08 Å². The van der Waals surface area contributed by atoms with Crippen molar-refractivity contribution in [3.8, 4) is 0 Å². The number of fused-ring (bicyclic) bond motifs is 5. The van der Waals surface area contributed by atoms with Gasteiger partial charge in [0.2, 0.25) is 5.12 Å². The van der Waals surface area contributed by atoms with Gasteiger partial charge in [-0.05, 0) is 49.8 Å². The summed E-state index contributed by atoms with van der Waals surface area (Å²) >= 11 is 4.09. The number of carbonyl (C=O) groups is 3. The highest BCUT2D eigenvalue weighted by Crippen LogP contribution is 2.71. The van der Waals surface area contributed by atoms with E-state index in [1.807, 2.05) is 0 Å². The quantitative estimate of drug-likeness (QED) is 0.488. The fraction of sp³-hybridized carbons (Fsp3) is 0.708. The molecule has 3 saturated carbocycles. The molecule has 1 N–H and O–H groups in total. The van der Waals surface area contributed by atoms with Gasteiger partial charge in [-0.1, -0.05) is 26.8 Å². The smallest absolute Gasteiger partial charge is 0.306 e. The zero-order chi connectivity index (χ0) is 23.9. The molecular formula is C24H30F2O5S. The monoisotopic (exact) mass is 468 g/mol. The molecule has 32 heavy (non-hydrogen) atoms. The standard InChI is InChI=1S/C24H30F2O5S/c1-5-19(29)31-24(20(30)32)12(2)8-14-15-10-17(25)16-9-13(27)6-7-21(16,3)23(15,26)18(28)11-22(14,24)4/h6-7,9,12,14-15,17-18,28H,5,8,10-11H2,1-4H3,(H,30,32)/t12-,14?,15?,17+,18+,21+,22+,23+,24+/m1/s1. The molecule has 176 valence electrons. The van der Waals surface area contributed by atoms with E-state index in [1.54, 1.807) is 20.8 Å². The molecule has 2 unspecified atom stereocenters. The van der Waals surface area contributed by atoms with Gasteiger partial charge < -0.3 is 9.84 Å². The summed E-state index contributed by atoms with van der Waals surface area (Å²) in [5, 5.41) is 10.7. The number of rotatable bonds is 3. The van der Waals surface area contributed by atoms with Gasteiger partial charge in [-0.25, -0.2) is 8.78 Å². The van der Waals surface area contributed by atoms with Gasteiger partial charge in [0.15, 0.2) is 17.1 Å². The molecule has 0 amide bonds. The first-order chi connectivity index (χ1) is 14.8. The molecule has 0 radical (unpaired) electrons. The van der Waals surface area contributed by atoms with Crippen LogP contribution in [0.3, 0.4) is 0 Å². The summed E-state index contributed by atoms with van der Waals surface area (Å²) < 4.78 is 38.3. The highest BCUT2D eigenvalue weighted by atomic mass is 32.1. The zero-order valence-corrected chi connectivity index (χ0v) is 19.6. The fourth-order valence-corrected chi connectivity index (χ4v) is 8.01. The van der Waals surface area contributed by atoms with E-state index in [9.17, 15) is 19.5 Å². The average molecular weight is 469 g/mol. The number of aliphatic hydroxyl groups excluding tert-OH is 1. The summed E-state index contributed by atoms with van der Waals surface area (Å²) in [7, 11) is 0. The molecule has 5 nitrogen and oxygen atoms in total. The Labute approximate surface area is 192 Å². The number of ketones is 1. The summed E-state index contributed by atoms with van der Waals surface area (Å²) in [5.41, 5.74) is -6.46. The average Bonchev–Trinajstić information content (AvgIpc) is 2.93. The van der Waals surface area contributed by atoms with E-state index in [4.69, 9.17) is 4.74 Å². The van der Waals surface area contributed by atoms with Gasteiger partial charge in [-0.2, -0.15) is 0 Å². The summed E-state index contributed by atoms with van der Waals surface area (Å²) in [6, 6.07) is 0. The van der Waals surface area contributed by atoms with Crippen LogP contribution in [0.4, 0.5) is 8.78 Å². The molecule has 0 aromatic carbocycles. The van der Waals surface area contributed by atoms with Gasteiger partial charge in [0, 0.05) is 29.1 Å². The molecule has 8 heteroatoms. The molecule has 0 heterocycles. The topological polar surface area (TPSA) is 80.7 Å². The molecule has 4 rings (SSSR count). The van der Waals surface area contributed by atoms with E-state index in [2.05, 4.69) is 12.6 Å². The molecule has 0 saturated heterocycles. The summed E-state index contributed by atoms with van der Waals surface area (Å²) in [6.07, 6.45) is 0.619. The van der Waals surface area contributed by atoms with Gasteiger partial charge in [-0.3, -0.25) is 14.4 Å². The van der Waals surface area contributed by atoms with E-state index in [1.165, 1.54) is 19.1 Å². The molecule has 0 aliphatic heterocycles. The number of thiol groups is 1. The molecular weight excluding hydrogens is 438 g/mol. The van der Waals surface area contributed by atoms with Crippen molar-refractivity contribution in [2.45, 2.75) is 76.9 Å². The van der Waals surface area contributed by atoms with Crippen molar-refractivity contribution in [2.75, 3.05) is 0 Å². The second-order valence-electron chi connectivity index (χ2n) is 10.4. The van der Waals surface area contributed by atoms with Crippen LogP contribution < -0.4 is 0 Å². The number of allylic oxidation sites excluding steroid dienone is 4. The van der Waals surface area contributed by atoms with Crippen molar-refractivity contribution in [3.05, 3.63) is 23.8 Å². The Hall–Kier alpha value is -1.54. The van der Waals surface area contributed by atoms with Crippen LogP contribution in [0.1, 0.15) is 53.4 Å². The highest BCUT2D eigenvalue weighted by molar-refractivity contribution is 7.96. The minimum absolute atomic E-state index is 0.0476. The van der Waals surface area contributed by atoms with Crippen molar-refractivity contribution >= 4 is 29.5 Å². The molecule has 0 bridgehead atoms. The van der Waals surface area contributed by atoms with Crippen molar-refractivity contribution in [1.82, 2.24) is 0 Å². The Morgan fingerprint density at radius 3 is 2.53 bits per heavy atom. The normalized spacial score (nSPS) is 49.6. The SMILES string of the molecule is CCC(=O)O[C@]1(C(=O)S)[C@H](C)CC2C3C[C@H](F)C4=CC(=O)C=C[C@]4(C)[C@@]3(F)[C@@H](O)C[C@@]21C. The first-order valence-corrected chi connectivity index (χ1v) is 11.7. The van der Waals surface area contributed by atoms with Crippen molar-refractivity contribution in [1.29, 1.82) is 0 Å². The molecule has 4 aliphatic rings. The molecule has 0 aromatic rings. The van der Waals surface area contributed by atoms with Gasteiger partial charge in [0.25, 0.3) is 0 Å². The van der Waals surface area contributed by atoms with Crippen molar-refractivity contribution < 1.29 is 33.0 Å². The van der Waals surface area contributed by atoms with Crippen LogP contribution in [0, 0.1) is 28.6 Å². The van der Waals surface area contributed by atoms with Crippen LogP contribution in [0.5, 0.6) is 0 Å². The Morgan fingerprint density at radius 1 is 1.28 bits per heavy atom. The Kier molecular flexibility index (Phi) is 5.33. The van der Waals surface area contributed by atoms with Gasteiger partial charge in [0.05, 0.1) is 6.10 Å². The van der Waals surface area contributed by atoms with Crippen molar-refractivity contribution in [2.24, 2.45) is 28.6 Å². The molecule has 4 aliphatic carbocycles. The summed E-state index contributed by atoms with van der Waals surface area (Å²) in [5.74, 6) is -2.94. The van der Waals surface area contributed by atoms with E-state index < -0.39 is 69.0 Å². The number of esters is 1. The second kappa shape index (κ2) is 7.23. The molecule has 0 aromatic heterocycles. The number of halogens is 2. The van der Waals surface area contributed by atoms with Crippen LogP contribution >= 0.6 is 12.6 Å². The van der Waals surface area contributed by atoms with Gasteiger partial charge in [0.1, 0.15) is 6.17 Å². The number of hydrogen-bond acceptors (Lipinski definition) is 5. The first kappa shape index (κ1) is 23.6. The van der Waals surface area contributed by atoms with Crippen LogP contribution in [0.25, 0.3) is 0 Å². The summed E-state index contributed by atoms with van der Waals surface area (Å²) in [4.78, 5) is 37.2. The predicted octanol–water partition coefficient (Wildman–Crippen LogP) is 3.70. The van der Waals surface area contributed by atoms with Gasteiger partial charge >= 0.3 is 5.97 Å². The fourth-order valence-electron chi connectivity index (χ4n) is 7.49. The first-order valence-electron chi connectivity index (χ1n) is 11.2. The van der Waals surface area contributed by atoms with Crippen molar-refractivity contribution in [3.63, 3.8) is 0 Å². The number of hydrogen-bond donors (Lipinski definition) is 2. The maximum atomic E-state index is 17.1. The molecule has 0 spiro atoms. The van der Waals surface area contributed by atoms with Crippen LogP contribution in [0.15, 0.2) is 23.8 Å². The second-order valence-corrected chi connectivity index (χ2v) is 10.8. The zero-order valence-electron chi connectivity index (χ0n) is 18.7.